The molecule has 0 aliphatic heterocycles. The van der Waals surface area contributed by atoms with Gasteiger partial charge in [-0.1, -0.05) is 17.7 Å². The van der Waals surface area contributed by atoms with Gasteiger partial charge in [0.1, 0.15) is 0 Å². The van der Waals surface area contributed by atoms with Crippen molar-refractivity contribution in [2.45, 2.75) is 18.6 Å². The number of aromatic nitrogens is 4. The minimum atomic E-state index is 0.733. The molecule has 1 aromatic heterocycles. The number of nitrogens with zero attached hydrogens (tertiary/aromatic N) is 4. The molecule has 1 N–H and O–H groups in total. The Morgan fingerprint density at radius 3 is 3.14 bits per heavy atom. The van der Waals surface area contributed by atoms with Crippen LogP contribution in [0.2, 0.25) is 0 Å². The van der Waals surface area contributed by atoms with E-state index in [0.717, 1.165) is 24.0 Å². The molecule has 0 saturated carbocycles. The fourth-order valence-corrected chi connectivity index (χ4v) is 1.55. The van der Waals surface area contributed by atoms with Gasteiger partial charge in [0, 0.05) is 6.54 Å². The number of thioether (sulfide) groups is 1. The molecule has 0 spiro atoms. The second-order valence-electron chi connectivity index (χ2n) is 2.50. The molecule has 1 rings (SSSR count). The second kappa shape index (κ2) is 6.40. The third-order valence-corrected chi connectivity index (χ3v) is 2.36. The minimum Gasteiger partial charge on any atom is -0.318 e. The smallest absolute Gasteiger partial charge is 0.210 e. The third-order valence-electron chi connectivity index (χ3n) is 1.52. The van der Waals surface area contributed by atoms with Crippen LogP contribution in [0.5, 0.6) is 0 Å². The Balaban J connectivity index is 2.47. The van der Waals surface area contributed by atoms with Crippen LogP contribution >= 0.6 is 11.8 Å². The van der Waals surface area contributed by atoms with E-state index < -0.39 is 0 Å². The maximum atomic E-state index is 3.91. The Morgan fingerprint density at radius 1 is 1.57 bits per heavy atom. The van der Waals surface area contributed by atoms with E-state index in [2.05, 4.69) is 32.7 Å². The van der Waals surface area contributed by atoms with E-state index in [4.69, 9.17) is 0 Å². The quantitative estimate of drug-likeness (QED) is 0.549. The van der Waals surface area contributed by atoms with Crippen LogP contribution in [0.1, 0.15) is 6.92 Å². The summed E-state index contributed by atoms with van der Waals surface area (Å²) >= 11 is 1.55. The summed E-state index contributed by atoms with van der Waals surface area (Å²) in [6.45, 7) is 3.47. The largest absolute Gasteiger partial charge is 0.318 e. The van der Waals surface area contributed by atoms with Gasteiger partial charge >= 0.3 is 0 Å². The van der Waals surface area contributed by atoms with Crippen molar-refractivity contribution in [3.05, 3.63) is 0 Å². The lowest BCUT2D eigenvalue weighted by Crippen LogP contribution is -2.16. The monoisotopic (exact) mass is 211 g/mol. The average Bonchev–Trinajstić information content (AvgIpc) is 2.63. The number of hydrogen-bond donors (Lipinski definition) is 1. The molecular weight excluding hydrogens is 198 g/mol. The molecule has 14 heavy (non-hydrogen) atoms. The van der Waals surface area contributed by atoms with E-state index in [-0.39, 0.29) is 0 Å². The topological polar surface area (TPSA) is 55.6 Å². The predicted octanol–water partition coefficient (Wildman–Crippen LogP) is 0.00790. The predicted molar refractivity (Wildman–Crippen MR) is 55.9 cm³/mol. The third kappa shape index (κ3) is 3.36. The number of rotatable bonds is 5. The Kier molecular flexibility index (Phi) is 5.04. The summed E-state index contributed by atoms with van der Waals surface area (Å²) in [6.07, 6.45) is 0. The summed E-state index contributed by atoms with van der Waals surface area (Å²) in [5.41, 5.74) is 0. The Labute approximate surface area is 87.6 Å². The first-order chi connectivity index (χ1) is 6.88. The molecule has 0 atom stereocenters. The van der Waals surface area contributed by atoms with Crippen molar-refractivity contribution in [1.29, 1.82) is 0 Å². The highest BCUT2D eigenvalue weighted by atomic mass is 32.2. The summed E-state index contributed by atoms with van der Waals surface area (Å²) in [6, 6.07) is 0. The maximum absolute atomic E-state index is 3.91. The van der Waals surface area contributed by atoms with Gasteiger partial charge in [-0.15, -0.1) is 11.0 Å². The lowest BCUT2D eigenvalue weighted by molar-refractivity contribution is 0.530. The number of hydrogen-bond acceptors (Lipinski definition) is 5. The number of tetrazole rings is 1. The molecule has 0 aliphatic carbocycles. The van der Waals surface area contributed by atoms with Crippen molar-refractivity contribution in [2.75, 3.05) is 19.3 Å². The molecule has 0 bridgehead atoms. The highest BCUT2D eigenvalue weighted by Gasteiger charge is 2.04. The summed E-state index contributed by atoms with van der Waals surface area (Å²) in [5, 5.41) is 15.3. The first-order valence-corrected chi connectivity index (χ1v) is 5.30. The molecule has 5 nitrogen and oxygen atoms in total. The molecule has 0 fully saturated rings. The van der Waals surface area contributed by atoms with Gasteiger partial charge in [-0.3, -0.25) is 0 Å². The van der Waals surface area contributed by atoms with Gasteiger partial charge < -0.3 is 5.32 Å². The van der Waals surface area contributed by atoms with Gasteiger partial charge in [0.05, 0.1) is 12.3 Å². The van der Waals surface area contributed by atoms with Crippen LogP contribution in [0.3, 0.4) is 0 Å². The van der Waals surface area contributed by atoms with Crippen LogP contribution in [-0.4, -0.2) is 39.6 Å². The van der Waals surface area contributed by atoms with Gasteiger partial charge in [0.2, 0.25) is 5.16 Å². The van der Waals surface area contributed by atoms with Crippen molar-refractivity contribution < 1.29 is 0 Å². The lowest BCUT2D eigenvalue weighted by Gasteiger charge is -2.01. The van der Waals surface area contributed by atoms with Gasteiger partial charge in [-0.05, 0) is 24.4 Å². The molecule has 6 heteroatoms. The van der Waals surface area contributed by atoms with Crippen LogP contribution in [0, 0.1) is 11.8 Å². The van der Waals surface area contributed by atoms with E-state index in [9.17, 15) is 0 Å². The first kappa shape index (κ1) is 11.0. The Morgan fingerprint density at radius 2 is 2.43 bits per heavy atom. The molecule has 0 amide bonds. The Hall–Kier alpha value is -1.06. The van der Waals surface area contributed by atoms with Gasteiger partial charge in [-0.2, -0.15) is 0 Å². The van der Waals surface area contributed by atoms with E-state index in [1.54, 1.807) is 16.4 Å². The number of likely N-dealkylation sites (N-methyl/N-ethyl adjacent to an activating group) is 1. The van der Waals surface area contributed by atoms with Crippen LogP contribution in [0.25, 0.3) is 0 Å². The minimum absolute atomic E-state index is 0.733. The molecular formula is C8H13N5S. The zero-order valence-electron chi connectivity index (χ0n) is 8.32. The molecule has 76 valence electrons. The van der Waals surface area contributed by atoms with E-state index in [1.807, 2.05) is 14.0 Å². The number of nitrogens with one attached hydrogen (secondary N) is 1. The fraction of sp³-hybridized carbons (Fsp3) is 0.625. The Bertz CT molecular complexity index is 324. The summed E-state index contributed by atoms with van der Waals surface area (Å²) in [4.78, 5) is 0. The van der Waals surface area contributed by atoms with Gasteiger partial charge in [0.25, 0.3) is 0 Å². The average molecular weight is 211 g/mol. The maximum Gasteiger partial charge on any atom is 0.210 e. The van der Waals surface area contributed by atoms with E-state index >= 15 is 0 Å². The summed E-state index contributed by atoms with van der Waals surface area (Å²) in [5.74, 6) is 6.52. The van der Waals surface area contributed by atoms with Crippen LogP contribution in [0.4, 0.5) is 0 Å². The van der Waals surface area contributed by atoms with Crippen molar-refractivity contribution >= 4 is 11.8 Å². The standard InChI is InChI=1S/C8H13N5S/c1-3-4-7-14-8-10-11-12-13(8)6-5-9-2/h9H,5-7H2,1-2H3. The highest BCUT2D eigenvalue weighted by Crippen LogP contribution is 2.11. The molecule has 0 unspecified atom stereocenters. The van der Waals surface area contributed by atoms with E-state index in [1.165, 1.54) is 0 Å². The molecule has 1 aromatic rings. The fourth-order valence-electron chi connectivity index (χ4n) is 0.831. The molecule has 0 aromatic carbocycles. The van der Waals surface area contributed by atoms with Crippen molar-refractivity contribution in [3.63, 3.8) is 0 Å². The first-order valence-electron chi connectivity index (χ1n) is 4.31. The van der Waals surface area contributed by atoms with Crippen molar-refractivity contribution in [3.8, 4) is 11.8 Å². The van der Waals surface area contributed by atoms with Crippen molar-refractivity contribution in [1.82, 2.24) is 25.5 Å². The van der Waals surface area contributed by atoms with Gasteiger partial charge in [-0.25, -0.2) is 4.68 Å². The zero-order chi connectivity index (χ0) is 10.2. The molecule has 0 aliphatic rings. The normalized spacial score (nSPS) is 9.57. The molecule has 0 saturated heterocycles. The highest BCUT2D eigenvalue weighted by molar-refractivity contribution is 7.99. The van der Waals surface area contributed by atoms with Crippen LogP contribution in [-0.2, 0) is 6.54 Å². The van der Waals surface area contributed by atoms with Gasteiger partial charge in [0.15, 0.2) is 0 Å². The van der Waals surface area contributed by atoms with E-state index in [0.29, 0.717) is 0 Å². The second-order valence-corrected chi connectivity index (χ2v) is 3.45. The van der Waals surface area contributed by atoms with Crippen molar-refractivity contribution in [2.24, 2.45) is 0 Å². The zero-order valence-corrected chi connectivity index (χ0v) is 9.13. The molecule has 1 heterocycles. The molecule has 0 radical (unpaired) electrons. The van der Waals surface area contributed by atoms with Crippen LogP contribution < -0.4 is 5.32 Å². The summed E-state index contributed by atoms with van der Waals surface area (Å²) in [7, 11) is 1.90. The van der Waals surface area contributed by atoms with Crippen LogP contribution in [0.15, 0.2) is 5.16 Å². The summed E-state index contributed by atoms with van der Waals surface area (Å²) < 4.78 is 1.78. The lowest BCUT2D eigenvalue weighted by atomic mass is 10.6. The SMILES string of the molecule is CC#CCSc1nnnn1CCNC.